The van der Waals surface area contributed by atoms with Crippen LogP contribution in [0.4, 0.5) is 11.4 Å². The zero-order valence-electron chi connectivity index (χ0n) is 15.9. The van der Waals surface area contributed by atoms with E-state index in [4.69, 9.17) is 9.47 Å². The second-order valence-electron chi connectivity index (χ2n) is 6.12. The summed E-state index contributed by atoms with van der Waals surface area (Å²) in [6.45, 7) is 3.03. The van der Waals surface area contributed by atoms with Crippen LogP contribution >= 0.6 is 0 Å². The highest BCUT2D eigenvalue weighted by Crippen LogP contribution is 2.32. The molecule has 0 aliphatic rings. The molecule has 2 aromatic rings. The predicted molar refractivity (Wildman–Crippen MR) is 103 cm³/mol. The Hall–Kier alpha value is -3.42. The van der Waals surface area contributed by atoms with Crippen molar-refractivity contribution in [3.8, 4) is 5.75 Å². The average molecular weight is 386 g/mol. The third-order valence-electron chi connectivity index (χ3n) is 4.24. The number of benzene rings is 2. The molecular formula is C20H22N2O6. The number of ether oxygens (including phenoxy) is 2. The summed E-state index contributed by atoms with van der Waals surface area (Å²) in [4.78, 5) is 35.0. The first kappa shape index (κ1) is 20.9. The normalized spacial score (nSPS) is 11.4. The summed E-state index contributed by atoms with van der Waals surface area (Å²) in [6, 6.07) is 11.9. The number of carbonyl (C=O) groups excluding carboxylic acids is 2. The summed E-state index contributed by atoms with van der Waals surface area (Å²) in [5.41, 5.74) is 1.46. The molecule has 0 aromatic heterocycles. The van der Waals surface area contributed by atoms with Crippen molar-refractivity contribution >= 4 is 23.3 Å². The summed E-state index contributed by atoms with van der Waals surface area (Å²) in [7, 11) is 1.31. The Labute approximate surface area is 162 Å². The van der Waals surface area contributed by atoms with E-state index in [1.165, 1.54) is 19.2 Å². The maximum absolute atomic E-state index is 12.3. The van der Waals surface area contributed by atoms with Crippen LogP contribution in [0.25, 0.3) is 0 Å². The zero-order valence-corrected chi connectivity index (χ0v) is 15.9. The van der Waals surface area contributed by atoms with Crippen LogP contribution in [0.5, 0.6) is 5.75 Å². The van der Waals surface area contributed by atoms with Crippen LogP contribution in [0, 0.1) is 17.0 Å². The lowest BCUT2D eigenvalue weighted by atomic mass is 9.97. The number of rotatable bonds is 8. The predicted octanol–water partition coefficient (Wildman–Crippen LogP) is 3.59. The maximum atomic E-state index is 12.3. The van der Waals surface area contributed by atoms with Crippen molar-refractivity contribution in [2.24, 2.45) is 0 Å². The van der Waals surface area contributed by atoms with E-state index in [2.05, 4.69) is 5.32 Å². The van der Waals surface area contributed by atoms with Crippen molar-refractivity contribution in [1.29, 1.82) is 0 Å². The molecule has 28 heavy (non-hydrogen) atoms. The van der Waals surface area contributed by atoms with Crippen LogP contribution in [0.3, 0.4) is 0 Å². The van der Waals surface area contributed by atoms with E-state index >= 15 is 0 Å². The van der Waals surface area contributed by atoms with Gasteiger partial charge in [-0.1, -0.05) is 37.3 Å². The van der Waals surface area contributed by atoms with Gasteiger partial charge in [-0.2, -0.15) is 0 Å². The van der Waals surface area contributed by atoms with Crippen LogP contribution < -0.4 is 10.1 Å². The van der Waals surface area contributed by atoms with Crippen molar-refractivity contribution in [3.63, 3.8) is 0 Å². The fourth-order valence-corrected chi connectivity index (χ4v) is 2.76. The summed E-state index contributed by atoms with van der Waals surface area (Å²) < 4.78 is 10.2. The highest BCUT2D eigenvalue weighted by Gasteiger charge is 2.22. The van der Waals surface area contributed by atoms with Gasteiger partial charge in [0, 0.05) is 17.8 Å². The van der Waals surface area contributed by atoms with Gasteiger partial charge in [-0.15, -0.1) is 0 Å². The number of aryl methyl sites for hydroxylation is 1. The Morgan fingerprint density at radius 3 is 2.46 bits per heavy atom. The second-order valence-corrected chi connectivity index (χ2v) is 6.12. The first-order valence-corrected chi connectivity index (χ1v) is 8.71. The van der Waals surface area contributed by atoms with Crippen molar-refractivity contribution in [2.75, 3.05) is 19.0 Å². The number of anilines is 1. The quantitative estimate of drug-likeness (QED) is 0.422. The molecule has 0 bridgehead atoms. The lowest BCUT2D eigenvalue weighted by Gasteiger charge is -2.15. The van der Waals surface area contributed by atoms with Crippen LogP contribution in [0.2, 0.25) is 0 Å². The maximum Gasteiger partial charge on any atom is 0.313 e. The molecule has 0 heterocycles. The van der Waals surface area contributed by atoms with Gasteiger partial charge in [0.25, 0.3) is 5.91 Å². The molecule has 0 saturated heterocycles. The zero-order chi connectivity index (χ0) is 20.7. The Kier molecular flexibility index (Phi) is 7.08. The monoisotopic (exact) mass is 386 g/mol. The van der Waals surface area contributed by atoms with Crippen LogP contribution in [-0.4, -0.2) is 30.5 Å². The van der Waals surface area contributed by atoms with E-state index in [9.17, 15) is 19.7 Å². The SMILES string of the molecule is CC[C@@H](C(=O)OCC(=O)Nc1cc(OC)c([N+](=O)[O-])cc1C)c1ccccc1. The molecule has 2 rings (SSSR count). The highest BCUT2D eigenvalue weighted by atomic mass is 16.6. The molecule has 8 heteroatoms. The molecule has 1 N–H and O–H groups in total. The van der Waals surface area contributed by atoms with E-state index in [1.807, 2.05) is 37.3 Å². The Morgan fingerprint density at radius 2 is 1.89 bits per heavy atom. The minimum absolute atomic E-state index is 0.0259. The summed E-state index contributed by atoms with van der Waals surface area (Å²) in [5.74, 6) is -1.45. The molecule has 0 spiro atoms. The summed E-state index contributed by atoms with van der Waals surface area (Å²) in [5, 5.41) is 13.6. The molecule has 1 amide bonds. The van der Waals surface area contributed by atoms with Crippen LogP contribution in [0.1, 0.15) is 30.4 Å². The van der Waals surface area contributed by atoms with E-state index < -0.39 is 29.3 Å². The highest BCUT2D eigenvalue weighted by molar-refractivity contribution is 5.94. The third-order valence-corrected chi connectivity index (χ3v) is 4.24. The van der Waals surface area contributed by atoms with Gasteiger partial charge < -0.3 is 14.8 Å². The number of methoxy groups -OCH3 is 1. The largest absolute Gasteiger partial charge is 0.490 e. The van der Waals surface area contributed by atoms with Crippen molar-refractivity contribution < 1.29 is 24.0 Å². The standard InChI is InChI=1S/C20H22N2O6/c1-4-15(14-8-6-5-7-9-14)20(24)28-12-19(23)21-16-11-18(27-3)17(22(25)26)10-13(16)2/h5-11,15H,4,12H2,1-3H3,(H,21,23)/t15-/m1/s1. The van der Waals surface area contributed by atoms with E-state index in [1.54, 1.807) is 6.92 Å². The average Bonchev–Trinajstić information content (AvgIpc) is 2.69. The fourth-order valence-electron chi connectivity index (χ4n) is 2.76. The molecule has 0 aliphatic carbocycles. The van der Waals surface area contributed by atoms with Gasteiger partial charge in [0.1, 0.15) is 0 Å². The van der Waals surface area contributed by atoms with Gasteiger partial charge >= 0.3 is 11.7 Å². The van der Waals surface area contributed by atoms with Gasteiger partial charge in [0.15, 0.2) is 12.4 Å². The Bertz CT molecular complexity index is 866. The molecule has 0 fully saturated rings. The molecule has 148 valence electrons. The third kappa shape index (κ3) is 5.06. The lowest BCUT2D eigenvalue weighted by molar-refractivity contribution is -0.385. The molecule has 2 aromatic carbocycles. The molecule has 0 saturated carbocycles. The van der Waals surface area contributed by atoms with Crippen molar-refractivity contribution in [1.82, 2.24) is 0 Å². The molecular weight excluding hydrogens is 364 g/mol. The van der Waals surface area contributed by atoms with Gasteiger partial charge in [0.2, 0.25) is 0 Å². The van der Waals surface area contributed by atoms with Crippen LogP contribution in [-0.2, 0) is 14.3 Å². The first-order valence-electron chi connectivity index (χ1n) is 8.71. The number of nitro groups is 1. The summed E-state index contributed by atoms with van der Waals surface area (Å²) >= 11 is 0. The molecule has 0 aliphatic heterocycles. The van der Waals surface area contributed by atoms with Crippen LogP contribution in [0.15, 0.2) is 42.5 Å². The topological polar surface area (TPSA) is 108 Å². The minimum atomic E-state index is -0.562. The van der Waals surface area contributed by atoms with Gasteiger partial charge in [-0.05, 0) is 24.5 Å². The number of amides is 1. The Balaban J connectivity index is 2.02. The fraction of sp³-hybridized carbons (Fsp3) is 0.300. The number of nitrogens with one attached hydrogen (secondary N) is 1. The van der Waals surface area contributed by atoms with E-state index in [-0.39, 0.29) is 11.4 Å². The van der Waals surface area contributed by atoms with E-state index in [0.29, 0.717) is 17.7 Å². The molecule has 1 atom stereocenters. The molecule has 0 radical (unpaired) electrons. The number of hydrogen-bond donors (Lipinski definition) is 1. The number of nitrogens with zero attached hydrogens (tertiary/aromatic N) is 1. The Morgan fingerprint density at radius 1 is 1.21 bits per heavy atom. The first-order chi connectivity index (χ1) is 13.4. The summed E-state index contributed by atoms with van der Waals surface area (Å²) in [6.07, 6.45) is 0.545. The van der Waals surface area contributed by atoms with Crippen molar-refractivity contribution in [2.45, 2.75) is 26.2 Å². The molecule has 0 unspecified atom stereocenters. The number of esters is 1. The van der Waals surface area contributed by atoms with Gasteiger partial charge in [0.05, 0.1) is 18.0 Å². The second kappa shape index (κ2) is 9.50. The van der Waals surface area contributed by atoms with Gasteiger partial charge in [-0.3, -0.25) is 19.7 Å². The number of carbonyl (C=O) groups is 2. The van der Waals surface area contributed by atoms with Crippen molar-refractivity contribution in [3.05, 3.63) is 63.7 Å². The number of hydrogen-bond acceptors (Lipinski definition) is 6. The van der Waals surface area contributed by atoms with Gasteiger partial charge in [-0.25, -0.2) is 0 Å². The van der Waals surface area contributed by atoms with E-state index in [0.717, 1.165) is 5.56 Å². The number of nitro benzene ring substituents is 1. The molecule has 8 nitrogen and oxygen atoms in total. The smallest absolute Gasteiger partial charge is 0.313 e. The lowest BCUT2D eigenvalue weighted by Crippen LogP contribution is -2.24. The minimum Gasteiger partial charge on any atom is -0.490 e.